The Morgan fingerprint density at radius 2 is 1.65 bits per heavy atom. The molecule has 3 nitrogen and oxygen atoms in total. The largest absolute Gasteiger partial charge is 0.490 e. The second kappa shape index (κ2) is 9.42. The highest BCUT2D eigenvalue weighted by atomic mass is 35.5. The normalized spacial score (nSPS) is 24.9. The molecule has 3 fully saturated rings. The molecule has 31 heavy (non-hydrogen) atoms. The minimum absolute atomic E-state index is 0.336. The molecular formula is C27H35ClN2O. The van der Waals surface area contributed by atoms with Crippen molar-refractivity contribution in [2.45, 2.75) is 57.5 Å². The number of hydrogen-bond acceptors (Lipinski definition) is 3. The van der Waals surface area contributed by atoms with Gasteiger partial charge in [0.05, 0.1) is 0 Å². The van der Waals surface area contributed by atoms with E-state index in [0.29, 0.717) is 6.10 Å². The number of aryl methyl sites for hydroxylation is 1. The lowest BCUT2D eigenvalue weighted by molar-refractivity contribution is 0.0759. The standard InChI is InChI=1S/C27H35ClN2O/c1-20-16-24(30-12-2-3-13-30)6-9-27(20)22-17-21(18-22)19-29-14-10-26(11-15-29)31-25-7-4-23(28)5-8-25/h4-9,16,21-22,26H,2-3,10-15,17-19H2,1H3. The molecule has 2 aromatic rings. The van der Waals surface area contributed by atoms with Crippen LogP contribution in [0.25, 0.3) is 0 Å². The molecule has 0 N–H and O–H groups in total. The number of likely N-dealkylation sites (tertiary alicyclic amines) is 1. The number of piperidine rings is 1. The molecule has 2 aromatic carbocycles. The van der Waals surface area contributed by atoms with Crippen LogP contribution in [-0.2, 0) is 0 Å². The first kappa shape index (κ1) is 21.2. The minimum Gasteiger partial charge on any atom is -0.490 e. The second-order valence-corrected chi connectivity index (χ2v) is 10.3. The highest BCUT2D eigenvalue weighted by Gasteiger charge is 2.33. The Hall–Kier alpha value is -1.71. The molecule has 1 saturated carbocycles. The molecule has 0 unspecified atom stereocenters. The second-order valence-electron chi connectivity index (χ2n) is 9.84. The van der Waals surface area contributed by atoms with Gasteiger partial charge in [0.1, 0.15) is 11.9 Å². The number of halogens is 1. The Labute approximate surface area is 192 Å². The molecule has 5 rings (SSSR count). The molecule has 0 radical (unpaired) electrons. The third-order valence-corrected chi connectivity index (χ3v) is 7.82. The van der Waals surface area contributed by atoms with Gasteiger partial charge in [-0.3, -0.25) is 0 Å². The number of nitrogens with zero attached hydrogens (tertiary/aromatic N) is 2. The molecule has 4 heteroatoms. The summed E-state index contributed by atoms with van der Waals surface area (Å²) >= 11 is 5.97. The van der Waals surface area contributed by atoms with Crippen LogP contribution in [0.15, 0.2) is 42.5 Å². The molecule has 3 aliphatic rings. The average molecular weight is 439 g/mol. The first-order valence-electron chi connectivity index (χ1n) is 12.1. The van der Waals surface area contributed by atoms with Crippen molar-refractivity contribution in [2.75, 3.05) is 37.6 Å². The first-order valence-corrected chi connectivity index (χ1v) is 12.5. The Bertz CT molecular complexity index is 863. The first-order chi connectivity index (χ1) is 15.1. The summed E-state index contributed by atoms with van der Waals surface area (Å²) in [5.74, 6) is 2.57. The summed E-state index contributed by atoms with van der Waals surface area (Å²) in [5.41, 5.74) is 4.51. The third-order valence-electron chi connectivity index (χ3n) is 7.57. The van der Waals surface area contributed by atoms with Crippen molar-refractivity contribution in [2.24, 2.45) is 5.92 Å². The van der Waals surface area contributed by atoms with Crippen molar-refractivity contribution < 1.29 is 4.74 Å². The highest BCUT2D eigenvalue weighted by molar-refractivity contribution is 6.30. The molecule has 2 aliphatic heterocycles. The van der Waals surface area contributed by atoms with Crippen LogP contribution < -0.4 is 9.64 Å². The van der Waals surface area contributed by atoms with E-state index in [1.165, 1.54) is 56.6 Å². The van der Waals surface area contributed by atoms with Gasteiger partial charge >= 0.3 is 0 Å². The van der Waals surface area contributed by atoms with E-state index in [0.717, 1.165) is 48.5 Å². The number of rotatable bonds is 6. The van der Waals surface area contributed by atoms with Crippen molar-refractivity contribution in [3.05, 3.63) is 58.6 Å². The zero-order chi connectivity index (χ0) is 21.2. The monoisotopic (exact) mass is 438 g/mol. The maximum absolute atomic E-state index is 6.15. The molecule has 166 valence electrons. The van der Waals surface area contributed by atoms with Gasteiger partial charge in [0.25, 0.3) is 0 Å². The highest BCUT2D eigenvalue weighted by Crippen LogP contribution is 2.44. The van der Waals surface area contributed by atoms with E-state index in [-0.39, 0.29) is 0 Å². The van der Waals surface area contributed by atoms with Crippen LogP contribution in [0.1, 0.15) is 55.6 Å². The van der Waals surface area contributed by atoms with Crippen LogP contribution in [-0.4, -0.2) is 43.7 Å². The summed E-state index contributed by atoms with van der Waals surface area (Å²) in [6.07, 6.45) is 7.97. The maximum atomic E-state index is 6.15. The van der Waals surface area contributed by atoms with Crippen LogP contribution in [0.3, 0.4) is 0 Å². The number of benzene rings is 2. The summed E-state index contributed by atoms with van der Waals surface area (Å²) in [6.45, 7) is 8.34. The van der Waals surface area contributed by atoms with E-state index in [4.69, 9.17) is 16.3 Å². The number of anilines is 1. The molecule has 1 aliphatic carbocycles. The minimum atomic E-state index is 0.336. The SMILES string of the molecule is Cc1cc(N2CCCC2)ccc1C1CC(CN2CCC(Oc3ccc(Cl)cc3)CC2)C1. The fraction of sp³-hybridized carbons (Fsp3) is 0.556. The van der Waals surface area contributed by atoms with Gasteiger partial charge in [0.2, 0.25) is 0 Å². The molecule has 0 aromatic heterocycles. The van der Waals surface area contributed by atoms with Gasteiger partial charge in [-0.2, -0.15) is 0 Å². The van der Waals surface area contributed by atoms with Gasteiger partial charge in [-0.25, -0.2) is 0 Å². The molecule has 2 saturated heterocycles. The quantitative estimate of drug-likeness (QED) is 0.527. The Morgan fingerprint density at radius 3 is 2.32 bits per heavy atom. The summed E-state index contributed by atoms with van der Waals surface area (Å²) in [4.78, 5) is 5.20. The number of ether oxygens (including phenoxy) is 1. The lowest BCUT2D eigenvalue weighted by Gasteiger charge is -2.41. The summed E-state index contributed by atoms with van der Waals surface area (Å²) < 4.78 is 6.15. The molecule has 0 bridgehead atoms. The molecule has 0 spiro atoms. The van der Waals surface area contributed by atoms with E-state index >= 15 is 0 Å². The van der Waals surface area contributed by atoms with E-state index in [2.05, 4.69) is 34.9 Å². The van der Waals surface area contributed by atoms with Crippen molar-refractivity contribution in [3.63, 3.8) is 0 Å². The zero-order valence-corrected chi connectivity index (χ0v) is 19.5. The Balaban J connectivity index is 1.06. The van der Waals surface area contributed by atoms with Gasteiger partial charge in [-0.05, 0) is 105 Å². The van der Waals surface area contributed by atoms with Crippen molar-refractivity contribution >= 4 is 17.3 Å². The van der Waals surface area contributed by atoms with E-state index in [1.807, 2.05) is 24.3 Å². The van der Waals surface area contributed by atoms with Crippen molar-refractivity contribution in [1.82, 2.24) is 4.90 Å². The molecule has 2 heterocycles. The van der Waals surface area contributed by atoms with Gasteiger partial charge in [0.15, 0.2) is 0 Å². The Kier molecular flexibility index (Phi) is 6.43. The van der Waals surface area contributed by atoms with E-state index in [1.54, 1.807) is 5.56 Å². The fourth-order valence-corrected chi connectivity index (χ4v) is 5.84. The molecular weight excluding hydrogens is 404 g/mol. The van der Waals surface area contributed by atoms with Crippen LogP contribution in [0.5, 0.6) is 5.75 Å². The zero-order valence-electron chi connectivity index (χ0n) is 18.7. The maximum Gasteiger partial charge on any atom is 0.119 e. The van der Waals surface area contributed by atoms with Crippen LogP contribution in [0, 0.1) is 12.8 Å². The van der Waals surface area contributed by atoms with Gasteiger partial charge < -0.3 is 14.5 Å². The third kappa shape index (κ3) is 5.04. The summed E-state index contributed by atoms with van der Waals surface area (Å²) in [6, 6.07) is 15.0. The van der Waals surface area contributed by atoms with Crippen LogP contribution in [0.2, 0.25) is 5.02 Å². The van der Waals surface area contributed by atoms with Crippen LogP contribution >= 0.6 is 11.6 Å². The van der Waals surface area contributed by atoms with Crippen molar-refractivity contribution in [1.29, 1.82) is 0 Å². The van der Waals surface area contributed by atoms with Gasteiger partial charge in [-0.15, -0.1) is 0 Å². The molecule has 0 amide bonds. The van der Waals surface area contributed by atoms with Gasteiger partial charge in [-0.1, -0.05) is 17.7 Å². The predicted molar refractivity (Wildman–Crippen MR) is 130 cm³/mol. The molecule has 0 atom stereocenters. The van der Waals surface area contributed by atoms with E-state index < -0.39 is 0 Å². The summed E-state index contributed by atoms with van der Waals surface area (Å²) in [5, 5.41) is 0.763. The average Bonchev–Trinajstić information content (AvgIpc) is 3.29. The fourth-order valence-electron chi connectivity index (χ4n) is 5.71. The summed E-state index contributed by atoms with van der Waals surface area (Å²) in [7, 11) is 0. The van der Waals surface area contributed by atoms with Crippen molar-refractivity contribution in [3.8, 4) is 5.75 Å². The lowest BCUT2D eigenvalue weighted by atomic mass is 9.70. The van der Waals surface area contributed by atoms with E-state index in [9.17, 15) is 0 Å². The predicted octanol–water partition coefficient (Wildman–Crippen LogP) is 6.29. The Morgan fingerprint density at radius 1 is 0.935 bits per heavy atom. The topological polar surface area (TPSA) is 15.7 Å². The number of hydrogen-bond donors (Lipinski definition) is 0. The van der Waals surface area contributed by atoms with Crippen LogP contribution in [0.4, 0.5) is 5.69 Å². The smallest absolute Gasteiger partial charge is 0.119 e. The lowest BCUT2D eigenvalue weighted by Crippen LogP contribution is -2.42. The van der Waals surface area contributed by atoms with Gasteiger partial charge in [0, 0.05) is 43.4 Å².